The third kappa shape index (κ3) is 2.40. The minimum absolute atomic E-state index is 0.114. The van der Waals surface area contributed by atoms with Gasteiger partial charge in [-0.15, -0.1) is 0 Å². The van der Waals surface area contributed by atoms with Crippen LogP contribution in [0, 0.1) is 17.1 Å². The Kier molecular flexibility index (Phi) is 3.31. The average Bonchev–Trinajstić information content (AvgIpc) is 2.86. The van der Waals surface area contributed by atoms with Gasteiger partial charge >= 0.3 is 0 Å². The van der Waals surface area contributed by atoms with Gasteiger partial charge in [-0.1, -0.05) is 12.1 Å². The second kappa shape index (κ2) is 5.30. The highest BCUT2D eigenvalue weighted by Gasteiger charge is 2.15. The highest BCUT2D eigenvalue weighted by Crippen LogP contribution is 2.21. The molecule has 2 N–H and O–H groups in total. The fourth-order valence-electron chi connectivity index (χ4n) is 2.31. The van der Waals surface area contributed by atoms with Crippen LogP contribution in [0.15, 0.2) is 42.5 Å². The minimum atomic E-state index is -0.657. The Morgan fingerprint density at radius 1 is 1.27 bits per heavy atom. The van der Waals surface area contributed by atoms with E-state index < -0.39 is 11.7 Å². The first kappa shape index (κ1) is 13.8. The van der Waals surface area contributed by atoms with E-state index in [-0.39, 0.29) is 5.69 Å². The number of carbonyl (C=O) groups is 1. The largest absolute Gasteiger partial charge is 0.364 e. The van der Waals surface area contributed by atoms with Crippen molar-refractivity contribution < 1.29 is 9.18 Å². The van der Waals surface area contributed by atoms with Gasteiger partial charge in [-0.25, -0.2) is 4.39 Å². The first-order chi connectivity index (χ1) is 10.6. The Balaban J connectivity index is 2.07. The number of hydrogen-bond donors (Lipinski definition) is 1. The van der Waals surface area contributed by atoms with Crippen LogP contribution < -0.4 is 5.73 Å². The fraction of sp³-hybridized carbons (Fsp3) is 0.0625. The molecule has 0 aliphatic rings. The van der Waals surface area contributed by atoms with E-state index in [4.69, 9.17) is 11.0 Å². The molecule has 0 fully saturated rings. The highest BCUT2D eigenvalue weighted by molar-refractivity contribution is 6.04. The molecule has 5 nitrogen and oxygen atoms in total. The maximum absolute atomic E-state index is 13.5. The van der Waals surface area contributed by atoms with Crippen LogP contribution in [0.2, 0.25) is 0 Å². The fourth-order valence-corrected chi connectivity index (χ4v) is 2.31. The van der Waals surface area contributed by atoms with Crippen LogP contribution in [0.5, 0.6) is 0 Å². The predicted molar refractivity (Wildman–Crippen MR) is 78.5 cm³/mol. The molecule has 1 aromatic heterocycles. The summed E-state index contributed by atoms with van der Waals surface area (Å²) in [7, 11) is 0. The van der Waals surface area contributed by atoms with Crippen molar-refractivity contribution in [2.45, 2.75) is 6.54 Å². The first-order valence-corrected chi connectivity index (χ1v) is 6.53. The molecule has 2 aromatic carbocycles. The van der Waals surface area contributed by atoms with Crippen LogP contribution in [0.1, 0.15) is 21.6 Å². The van der Waals surface area contributed by atoms with Gasteiger partial charge in [0, 0.05) is 5.39 Å². The number of amides is 1. The van der Waals surface area contributed by atoms with Crippen molar-refractivity contribution in [1.82, 2.24) is 9.78 Å². The number of aromatic nitrogens is 2. The van der Waals surface area contributed by atoms with Crippen molar-refractivity contribution >= 4 is 16.8 Å². The number of benzene rings is 2. The molecule has 0 bridgehead atoms. The number of primary amides is 1. The smallest absolute Gasteiger partial charge is 0.269 e. The lowest BCUT2D eigenvalue weighted by Crippen LogP contribution is -2.13. The molecule has 0 aliphatic carbocycles. The standard InChI is InChI=1S/C16H11FN4O/c17-12-5-6-13-14(7-12)21(20-15(13)16(19)22)9-11-3-1-10(8-18)2-4-11/h1-7H,9H2,(H2,19,22). The lowest BCUT2D eigenvalue weighted by Gasteiger charge is -2.04. The summed E-state index contributed by atoms with van der Waals surface area (Å²) in [6.07, 6.45) is 0. The van der Waals surface area contributed by atoms with Gasteiger partial charge in [-0.3, -0.25) is 9.48 Å². The molecule has 0 atom stereocenters. The van der Waals surface area contributed by atoms with Gasteiger partial charge in [0.25, 0.3) is 5.91 Å². The van der Waals surface area contributed by atoms with Gasteiger partial charge in [0.05, 0.1) is 23.7 Å². The van der Waals surface area contributed by atoms with Crippen LogP contribution in [-0.2, 0) is 6.54 Å². The zero-order chi connectivity index (χ0) is 15.7. The molecular weight excluding hydrogens is 283 g/mol. The molecule has 0 spiro atoms. The highest BCUT2D eigenvalue weighted by atomic mass is 19.1. The van der Waals surface area contributed by atoms with Crippen molar-refractivity contribution in [2.24, 2.45) is 5.73 Å². The van der Waals surface area contributed by atoms with Crippen molar-refractivity contribution in [3.63, 3.8) is 0 Å². The van der Waals surface area contributed by atoms with Crippen molar-refractivity contribution in [1.29, 1.82) is 5.26 Å². The number of halogens is 1. The SMILES string of the molecule is N#Cc1ccc(Cn2nc(C(N)=O)c3ccc(F)cc32)cc1. The second-order valence-electron chi connectivity index (χ2n) is 4.84. The number of nitrogens with zero attached hydrogens (tertiary/aromatic N) is 3. The molecule has 108 valence electrons. The Morgan fingerprint density at radius 2 is 2.00 bits per heavy atom. The van der Waals surface area contributed by atoms with Crippen molar-refractivity contribution in [3.8, 4) is 6.07 Å². The molecule has 0 saturated carbocycles. The lowest BCUT2D eigenvalue weighted by atomic mass is 10.1. The van der Waals surface area contributed by atoms with E-state index in [1.807, 2.05) is 6.07 Å². The number of rotatable bonds is 3. The van der Waals surface area contributed by atoms with Crippen LogP contribution >= 0.6 is 0 Å². The number of hydrogen-bond acceptors (Lipinski definition) is 3. The van der Waals surface area contributed by atoms with E-state index in [2.05, 4.69) is 5.10 Å². The second-order valence-corrected chi connectivity index (χ2v) is 4.84. The monoisotopic (exact) mass is 294 g/mol. The molecule has 0 radical (unpaired) electrons. The van der Waals surface area contributed by atoms with E-state index in [1.165, 1.54) is 22.9 Å². The van der Waals surface area contributed by atoms with Crippen LogP contribution in [0.25, 0.3) is 10.9 Å². The Labute approximate surface area is 125 Å². The topological polar surface area (TPSA) is 84.7 Å². The van der Waals surface area contributed by atoms with E-state index in [9.17, 15) is 9.18 Å². The summed E-state index contributed by atoms with van der Waals surface area (Å²) in [5.41, 5.74) is 7.36. The predicted octanol–water partition coefficient (Wildman–Crippen LogP) is 2.19. The van der Waals surface area contributed by atoms with Crippen molar-refractivity contribution in [2.75, 3.05) is 0 Å². The van der Waals surface area contributed by atoms with Gasteiger partial charge in [0.15, 0.2) is 5.69 Å². The van der Waals surface area contributed by atoms with E-state index in [1.54, 1.807) is 24.3 Å². The van der Waals surface area contributed by atoms with E-state index in [0.717, 1.165) is 5.56 Å². The molecule has 3 rings (SSSR count). The Hall–Kier alpha value is -3.20. The van der Waals surface area contributed by atoms with Gasteiger partial charge in [-0.2, -0.15) is 10.4 Å². The number of fused-ring (bicyclic) bond motifs is 1. The summed E-state index contributed by atoms with van der Waals surface area (Å²) in [6, 6.07) is 13.1. The number of nitriles is 1. The van der Waals surface area contributed by atoms with Gasteiger partial charge in [-0.05, 0) is 35.9 Å². The maximum Gasteiger partial charge on any atom is 0.269 e. The number of nitrogens with two attached hydrogens (primary N) is 1. The summed E-state index contributed by atoms with van der Waals surface area (Å²) >= 11 is 0. The molecule has 0 aliphatic heterocycles. The Bertz CT molecular complexity index is 906. The number of carbonyl (C=O) groups excluding carboxylic acids is 1. The maximum atomic E-state index is 13.5. The van der Waals surface area contributed by atoms with Crippen LogP contribution in [0.4, 0.5) is 4.39 Å². The van der Waals surface area contributed by atoms with Gasteiger partial charge in [0.2, 0.25) is 0 Å². The normalized spacial score (nSPS) is 10.5. The van der Waals surface area contributed by atoms with E-state index in [0.29, 0.717) is 23.0 Å². The van der Waals surface area contributed by atoms with Gasteiger partial charge in [0.1, 0.15) is 5.82 Å². The summed E-state index contributed by atoms with van der Waals surface area (Å²) in [5.74, 6) is -1.07. The first-order valence-electron chi connectivity index (χ1n) is 6.53. The average molecular weight is 294 g/mol. The molecular formula is C16H11FN4O. The van der Waals surface area contributed by atoms with Crippen molar-refractivity contribution in [3.05, 3.63) is 65.1 Å². The molecule has 0 saturated heterocycles. The molecule has 3 aromatic rings. The third-order valence-electron chi connectivity index (χ3n) is 3.36. The molecule has 6 heteroatoms. The molecule has 22 heavy (non-hydrogen) atoms. The zero-order valence-corrected chi connectivity index (χ0v) is 11.5. The molecule has 1 heterocycles. The summed E-state index contributed by atoms with van der Waals surface area (Å²) in [4.78, 5) is 11.5. The Morgan fingerprint density at radius 3 is 2.64 bits per heavy atom. The van der Waals surface area contributed by atoms with E-state index >= 15 is 0 Å². The minimum Gasteiger partial charge on any atom is -0.364 e. The zero-order valence-electron chi connectivity index (χ0n) is 11.5. The van der Waals surface area contributed by atoms with Gasteiger partial charge < -0.3 is 5.73 Å². The molecule has 0 unspecified atom stereocenters. The van der Waals surface area contributed by atoms with Crippen LogP contribution in [-0.4, -0.2) is 15.7 Å². The summed E-state index contributed by atoms with van der Waals surface area (Å²) in [6.45, 7) is 0.346. The van der Waals surface area contributed by atoms with Crippen LogP contribution in [0.3, 0.4) is 0 Å². The summed E-state index contributed by atoms with van der Waals surface area (Å²) < 4.78 is 15.0. The lowest BCUT2D eigenvalue weighted by molar-refractivity contribution is 0.0996. The quantitative estimate of drug-likeness (QED) is 0.803. The molecule has 1 amide bonds. The summed E-state index contributed by atoms with van der Waals surface area (Å²) in [5, 5.41) is 13.5. The third-order valence-corrected chi connectivity index (χ3v) is 3.36.